The lowest BCUT2D eigenvalue weighted by atomic mass is 10.1. The van der Waals surface area contributed by atoms with Crippen molar-refractivity contribution in [3.05, 3.63) is 42.7 Å². The van der Waals surface area contributed by atoms with Gasteiger partial charge in [-0.2, -0.15) is 0 Å². The predicted octanol–water partition coefficient (Wildman–Crippen LogP) is 1.65. The van der Waals surface area contributed by atoms with Gasteiger partial charge >= 0.3 is 0 Å². The minimum absolute atomic E-state index is 0.132. The molecular weight excluding hydrogens is 362 g/mol. The van der Waals surface area contributed by atoms with Gasteiger partial charge in [0.15, 0.2) is 4.75 Å². The average molecular weight is 383 g/mol. The van der Waals surface area contributed by atoms with Gasteiger partial charge in [0, 0.05) is 50.5 Å². The van der Waals surface area contributed by atoms with Gasteiger partial charge in [0.1, 0.15) is 0 Å². The molecule has 1 saturated heterocycles. The zero-order valence-electron chi connectivity index (χ0n) is 15.3. The number of anilines is 2. The van der Waals surface area contributed by atoms with E-state index >= 15 is 0 Å². The second-order valence-corrected chi connectivity index (χ2v) is 8.26. The Morgan fingerprint density at radius 3 is 2.44 bits per heavy atom. The first kappa shape index (κ1) is 17.8. The number of carbonyl (C=O) groups is 2. The molecule has 0 aliphatic carbocycles. The van der Waals surface area contributed by atoms with Crippen LogP contribution in [-0.2, 0) is 9.59 Å². The molecule has 3 heterocycles. The van der Waals surface area contributed by atoms with Crippen molar-refractivity contribution in [1.29, 1.82) is 0 Å². The Labute approximate surface area is 162 Å². The zero-order chi connectivity index (χ0) is 19.0. The molecule has 7 nitrogen and oxygen atoms in total. The Hall–Kier alpha value is -2.61. The van der Waals surface area contributed by atoms with Gasteiger partial charge < -0.3 is 14.7 Å². The van der Waals surface area contributed by atoms with Crippen molar-refractivity contribution < 1.29 is 9.59 Å². The van der Waals surface area contributed by atoms with E-state index in [4.69, 9.17) is 0 Å². The summed E-state index contributed by atoms with van der Waals surface area (Å²) in [4.78, 5) is 41.2. The molecule has 1 unspecified atom stereocenters. The minimum Gasteiger partial charge on any atom is -0.337 e. The fraction of sp³-hybridized carbons (Fsp3) is 0.368. The van der Waals surface area contributed by atoms with Crippen molar-refractivity contribution in [1.82, 2.24) is 14.9 Å². The Morgan fingerprint density at radius 1 is 1.07 bits per heavy atom. The lowest BCUT2D eigenvalue weighted by Crippen LogP contribution is -2.60. The predicted molar refractivity (Wildman–Crippen MR) is 105 cm³/mol. The van der Waals surface area contributed by atoms with E-state index in [1.807, 2.05) is 24.3 Å². The molecule has 2 aliphatic heterocycles. The van der Waals surface area contributed by atoms with Gasteiger partial charge in [0.25, 0.3) is 5.91 Å². The summed E-state index contributed by atoms with van der Waals surface area (Å²) in [7, 11) is 1.73. The van der Waals surface area contributed by atoms with Crippen LogP contribution < -0.4 is 9.80 Å². The molecule has 0 N–H and O–H groups in total. The molecule has 0 spiro atoms. The normalized spacial score (nSPS) is 22.6. The Morgan fingerprint density at radius 2 is 1.74 bits per heavy atom. The maximum Gasteiger partial charge on any atom is 0.252 e. The molecule has 1 aromatic heterocycles. The van der Waals surface area contributed by atoms with E-state index in [9.17, 15) is 9.59 Å². The number of nitrogens with zero attached hydrogens (tertiary/aromatic N) is 5. The standard InChI is InChI=1S/C19H21N5O2S/c1-19(16(25)22(2)14-6-3-4-7-15(14)27-19)17(26)23-10-12-24(13-11-23)18-20-8-5-9-21-18/h3-9H,10-13H2,1-2H3. The van der Waals surface area contributed by atoms with E-state index in [0.717, 1.165) is 10.6 Å². The summed E-state index contributed by atoms with van der Waals surface area (Å²) in [5.41, 5.74) is 0.851. The van der Waals surface area contributed by atoms with Crippen molar-refractivity contribution in [3.8, 4) is 0 Å². The second-order valence-electron chi connectivity index (χ2n) is 6.80. The van der Waals surface area contributed by atoms with E-state index in [1.54, 1.807) is 42.2 Å². The van der Waals surface area contributed by atoms with Crippen LogP contribution in [0.5, 0.6) is 0 Å². The van der Waals surface area contributed by atoms with Crippen LogP contribution in [0, 0.1) is 0 Å². The van der Waals surface area contributed by atoms with Gasteiger partial charge in [-0.25, -0.2) is 9.97 Å². The van der Waals surface area contributed by atoms with Crippen molar-refractivity contribution in [2.24, 2.45) is 0 Å². The SMILES string of the molecule is CN1C(=O)C(C)(C(=O)N2CCN(c3ncccn3)CC2)Sc2ccccc21. The first-order valence-corrected chi connectivity index (χ1v) is 9.70. The fourth-order valence-corrected chi connectivity index (χ4v) is 4.85. The first-order chi connectivity index (χ1) is 13.0. The summed E-state index contributed by atoms with van der Waals surface area (Å²) < 4.78 is -1.14. The number of fused-ring (bicyclic) bond motifs is 1. The number of hydrogen-bond donors (Lipinski definition) is 0. The Bertz CT molecular complexity index is 869. The molecule has 0 bridgehead atoms. The van der Waals surface area contributed by atoms with Crippen LogP contribution in [0.4, 0.5) is 11.6 Å². The molecule has 2 aromatic rings. The minimum atomic E-state index is -1.14. The van der Waals surface area contributed by atoms with Gasteiger partial charge in [-0.1, -0.05) is 23.9 Å². The zero-order valence-corrected chi connectivity index (χ0v) is 16.1. The fourth-order valence-electron chi connectivity index (χ4n) is 3.51. The number of rotatable bonds is 2. The van der Waals surface area contributed by atoms with Gasteiger partial charge in [0.2, 0.25) is 11.9 Å². The quantitative estimate of drug-likeness (QED) is 0.735. The van der Waals surface area contributed by atoms with Gasteiger partial charge in [-0.05, 0) is 25.1 Å². The molecule has 4 rings (SSSR count). The van der Waals surface area contributed by atoms with E-state index in [2.05, 4.69) is 14.9 Å². The maximum atomic E-state index is 13.3. The largest absolute Gasteiger partial charge is 0.337 e. The number of carbonyl (C=O) groups excluding carboxylic acids is 2. The summed E-state index contributed by atoms with van der Waals surface area (Å²) in [5, 5.41) is 0. The third kappa shape index (κ3) is 3.03. The van der Waals surface area contributed by atoms with E-state index < -0.39 is 4.75 Å². The van der Waals surface area contributed by atoms with Crippen LogP contribution in [0.25, 0.3) is 0 Å². The highest BCUT2D eigenvalue weighted by Crippen LogP contribution is 2.45. The van der Waals surface area contributed by atoms with E-state index in [1.165, 1.54) is 11.8 Å². The number of benzene rings is 1. The van der Waals surface area contributed by atoms with Crippen molar-refractivity contribution >= 4 is 35.2 Å². The highest BCUT2D eigenvalue weighted by molar-refractivity contribution is 8.02. The molecule has 1 aromatic carbocycles. The van der Waals surface area contributed by atoms with Crippen LogP contribution in [0.2, 0.25) is 0 Å². The first-order valence-electron chi connectivity index (χ1n) is 8.88. The lowest BCUT2D eigenvalue weighted by molar-refractivity contribution is -0.138. The molecule has 2 amide bonds. The Balaban J connectivity index is 1.51. The van der Waals surface area contributed by atoms with Gasteiger partial charge in [-0.15, -0.1) is 0 Å². The number of para-hydroxylation sites is 1. The summed E-state index contributed by atoms with van der Waals surface area (Å²) in [5.74, 6) is 0.366. The summed E-state index contributed by atoms with van der Waals surface area (Å²) in [6, 6.07) is 9.48. The monoisotopic (exact) mass is 383 g/mol. The van der Waals surface area contributed by atoms with Crippen LogP contribution >= 0.6 is 11.8 Å². The highest BCUT2D eigenvalue weighted by atomic mass is 32.2. The van der Waals surface area contributed by atoms with Crippen molar-refractivity contribution in [2.75, 3.05) is 43.0 Å². The molecule has 2 aliphatic rings. The lowest BCUT2D eigenvalue weighted by Gasteiger charge is -2.42. The van der Waals surface area contributed by atoms with E-state index in [0.29, 0.717) is 32.1 Å². The molecule has 27 heavy (non-hydrogen) atoms. The molecule has 0 saturated carbocycles. The molecule has 1 fully saturated rings. The van der Waals surface area contributed by atoms with Crippen LogP contribution in [-0.4, -0.2) is 64.7 Å². The van der Waals surface area contributed by atoms with Crippen LogP contribution in [0.3, 0.4) is 0 Å². The maximum absolute atomic E-state index is 13.3. The van der Waals surface area contributed by atoms with Gasteiger partial charge in [-0.3, -0.25) is 9.59 Å². The van der Waals surface area contributed by atoms with Crippen molar-refractivity contribution in [3.63, 3.8) is 0 Å². The smallest absolute Gasteiger partial charge is 0.252 e. The van der Waals surface area contributed by atoms with Crippen LogP contribution in [0.1, 0.15) is 6.92 Å². The van der Waals surface area contributed by atoms with Crippen LogP contribution in [0.15, 0.2) is 47.6 Å². The summed E-state index contributed by atoms with van der Waals surface area (Å²) in [6.07, 6.45) is 3.43. The highest BCUT2D eigenvalue weighted by Gasteiger charge is 2.50. The molecular formula is C19H21N5O2S. The van der Waals surface area contributed by atoms with E-state index in [-0.39, 0.29) is 11.8 Å². The topological polar surface area (TPSA) is 69.6 Å². The molecule has 140 valence electrons. The third-order valence-electron chi connectivity index (χ3n) is 5.06. The second kappa shape index (κ2) is 6.84. The average Bonchev–Trinajstić information content (AvgIpc) is 2.72. The number of piperazine rings is 1. The van der Waals surface area contributed by atoms with Crippen molar-refractivity contribution in [2.45, 2.75) is 16.6 Å². The number of hydrogen-bond acceptors (Lipinski definition) is 6. The molecule has 0 radical (unpaired) electrons. The Kier molecular flexibility index (Phi) is 4.51. The number of thioether (sulfide) groups is 1. The molecule has 1 atom stereocenters. The summed E-state index contributed by atoms with van der Waals surface area (Å²) in [6.45, 7) is 4.13. The van der Waals surface area contributed by atoms with Gasteiger partial charge in [0.05, 0.1) is 5.69 Å². The third-order valence-corrected chi connectivity index (χ3v) is 6.39. The summed E-state index contributed by atoms with van der Waals surface area (Å²) >= 11 is 1.35. The molecule has 8 heteroatoms. The number of aromatic nitrogens is 2. The number of amides is 2.